The minimum atomic E-state index is -3.60. The molecular weight excluding hydrogens is 378 g/mol. The van der Waals surface area contributed by atoms with Crippen LogP contribution in [-0.4, -0.2) is 70.5 Å². The van der Waals surface area contributed by atoms with Gasteiger partial charge in [0.1, 0.15) is 5.75 Å². The maximum atomic E-state index is 12.2. The van der Waals surface area contributed by atoms with Crippen LogP contribution in [0.25, 0.3) is 0 Å². The smallest absolute Gasteiger partial charge is 0.260 e. The highest BCUT2D eigenvalue weighted by Crippen LogP contribution is 2.27. The molecule has 1 aromatic carbocycles. The molecule has 0 radical (unpaired) electrons. The molecule has 26 heavy (non-hydrogen) atoms. The number of piperazine rings is 1. The van der Waals surface area contributed by atoms with Crippen LogP contribution in [-0.2, 0) is 14.8 Å². The maximum absolute atomic E-state index is 12.2. The van der Waals surface area contributed by atoms with Crippen LogP contribution < -0.4 is 9.46 Å². The summed E-state index contributed by atoms with van der Waals surface area (Å²) >= 11 is 6.14. The van der Waals surface area contributed by atoms with E-state index in [0.29, 0.717) is 25.4 Å². The molecule has 1 saturated heterocycles. The Kier molecular flexibility index (Phi) is 7.69. The highest BCUT2D eigenvalue weighted by Gasteiger charge is 2.20. The second-order valence-corrected chi connectivity index (χ2v) is 8.49. The van der Waals surface area contributed by atoms with Gasteiger partial charge in [-0.25, -0.2) is 13.1 Å². The number of benzene rings is 1. The fourth-order valence-electron chi connectivity index (χ4n) is 2.52. The molecule has 7 nitrogen and oxygen atoms in total. The number of nitrogens with zero attached hydrogens (tertiary/aromatic N) is 2. The Morgan fingerprint density at radius 3 is 2.58 bits per heavy atom. The molecule has 0 unspecified atom stereocenters. The zero-order valence-corrected chi connectivity index (χ0v) is 16.8. The van der Waals surface area contributed by atoms with Crippen molar-refractivity contribution in [2.45, 2.75) is 24.7 Å². The molecule has 1 aliphatic heterocycles. The number of carbonyl (C=O) groups is 1. The van der Waals surface area contributed by atoms with Crippen molar-refractivity contribution < 1.29 is 17.9 Å². The fraction of sp³-hybridized carbons (Fsp3) is 0.588. The third-order valence-electron chi connectivity index (χ3n) is 4.24. The zero-order chi connectivity index (χ0) is 19.2. The van der Waals surface area contributed by atoms with Crippen molar-refractivity contribution in [3.05, 3.63) is 23.2 Å². The molecule has 9 heteroatoms. The average molecular weight is 404 g/mol. The van der Waals surface area contributed by atoms with Gasteiger partial charge in [-0.3, -0.25) is 4.79 Å². The van der Waals surface area contributed by atoms with Crippen molar-refractivity contribution in [3.63, 3.8) is 0 Å². The topological polar surface area (TPSA) is 78.9 Å². The van der Waals surface area contributed by atoms with Gasteiger partial charge in [-0.05, 0) is 31.7 Å². The van der Waals surface area contributed by atoms with Crippen LogP contribution in [0.2, 0.25) is 5.02 Å². The number of hydrogen-bond acceptors (Lipinski definition) is 5. The molecule has 146 valence electrons. The van der Waals surface area contributed by atoms with Gasteiger partial charge in [0.15, 0.2) is 6.61 Å². The molecule has 1 heterocycles. The Morgan fingerprint density at radius 2 is 1.96 bits per heavy atom. The standard InChI is InChI=1S/C17H26ClN3O4S/c1-3-4-7-19-26(23,24)14-5-6-16(15(18)12-14)25-13-17(22)21-10-8-20(2)9-11-21/h5-6,12,19H,3-4,7-11,13H2,1-2H3. The number of unbranched alkanes of at least 4 members (excludes halogenated alkanes) is 1. The van der Waals surface area contributed by atoms with E-state index in [2.05, 4.69) is 9.62 Å². The second kappa shape index (κ2) is 9.55. The molecule has 1 N–H and O–H groups in total. The summed E-state index contributed by atoms with van der Waals surface area (Å²) in [6.45, 7) is 5.27. The SMILES string of the molecule is CCCCNS(=O)(=O)c1ccc(OCC(=O)N2CCN(C)CC2)c(Cl)c1. The van der Waals surface area contributed by atoms with E-state index in [9.17, 15) is 13.2 Å². The van der Waals surface area contributed by atoms with Crippen LogP contribution in [0.1, 0.15) is 19.8 Å². The molecule has 0 atom stereocenters. The van der Waals surface area contributed by atoms with Gasteiger partial charge < -0.3 is 14.5 Å². The van der Waals surface area contributed by atoms with Gasteiger partial charge in [0.2, 0.25) is 10.0 Å². The monoisotopic (exact) mass is 403 g/mol. The minimum Gasteiger partial charge on any atom is -0.482 e. The molecule has 0 bridgehead atoms. The Labute approximate surface area is 160 Å². The summed E-state index contributed by atoms with van der Waals surface area (Å²) in [6.07, 6.45) is 1.67. The van der Waals surface area contributed by atoms with E-state index in [-0.39, 0.29) is 22.4 Å². The van der Waals surface area contributed by atoms with Crippen molar-refractivity contribution in [2.75, 3.05) is 46.4 Å². The van der Waals surface area contributed by atoms with Crippen LogP contribution in [0, 0.1) is 0 Å². The van der Waals surface area contributed by atoms with Crippen molar-refractivity contribution >= 4 is 27.5 Å². The van der Waals surface area contributed by atoms with Gasteiger partial charge in [-0.2, -0.15) is 0 Å². The lowest BCUT2D eigenvalue weighted by Crippen LogP contribution is -2.48. The Morgan fingerprint density at radius 1 is 1.27 bits per heavy atom. The number of halogens is 1. The molecule has 1 aromatic rings. The predicted molar refractivity (Wildman–Crippen MR) is 101 cm³/mol. The number of nitrogens with one attached hydrogen (secondary N) is 1. The number of ether oxygens (including phenoxy) is 1. The second-order valence-electron chi connectivity index (χ2n) is 6.32. The average Bonchev–Trinajstić information content (AvgIpc) is 2.61. The number of rotatable bonds is 8. The number of likely N-dealkylation sites (N-methyl/N-ethyl adjacent to an activating group) is 1. The van der Waals surface area contributed by atoms with Crippen molar-refractivity contribution in [1.29, 1.82) is 0 Å². The van der Waals surface area contributed by atoms with Crippen LogP contribution in [0.4, 0.5) is 0 Å². The lowest BCUT2D eigenvalue weighted by molar-refractivity contribution is -0.134. The van der Waals surface area contributed by atoms with Crippen molar-refractivity contribution in [3.8, 4) is 5.75 Å². The van der Waals surface area contributed by atoms with Gasteiger partial charge in [-0.15, -0.1) is 0 Å². The van der Waals surface area contributed by atoms with Crippen LogP contribution in [0.5, 0.6) is 5.75 Å². The van der Waals surface area contributed by atoms with E-state index in [1.165, 1.54) is 18.2 Å². The van der Waals surface area contributed by atoms with Gasteiger partial charge >= 0.3 is 0 Å². The van der Waals surface area contributed by atoms with Crippen molar-refractivity contribution in [2.24, 2.45) is 0 Å². The molecule has 1 aliphatic rings. The van der Waals surface area contributed by atoms with Gasteiger partial charge in [0.25, 0.3) is 5.91 Å². The first-order valence-corrected chi connectivity index (χ1v) is 10.6. The fourth-order valence-corrected chi connectivity index (χ4v) is 3.92. The normalized spacial score (nSPS) is 15.9. The summed E-state index contributed by atoms with van der Waals surface area (Å²) in [4.78, 5) is 16.2. The molecule has 0 saturated carbocycles. The summed E-state index contributed by atoms with van der Waals surface area (Å²) in [6, 6.07) is 4.25. The molecule has 2 rings (SSSR count). The molecular formula is C17H26ClN3O4S. The predicted octanol–water partition coefficient (Wildman–Crippen LogP) is 1.57. The Hall–Kier alpha value is -1.35. The van der Waals surface area contributed by atoms with Gasteiger partial charge in [0.05, 0.1) is 9.92 Å². The van der Waals surface area contributed by atoms with Crippen LogP contribution in [0.3, 0.4) is 0 Å². The first-order valence-electron chi connectivity index (χ1n) is 8.72. The highest BCUT2D eigenvalue weighted by molar-refractivity contribution is 7.89. The highest BCUT2D eigenvalue weighted by atomic mass is 35.5. The van der Waals surface area contributed by atoms with E-state index in [1.807, 2.05) is 14.0 Å². The molecule has 1 fully saturated rings. The largest absolute Gasteiger partial charge is 0.482 e. The lowest BCUT2D eigenvalue weighted by Gasteiger charge is -2.32. The summed E-state index contributed by atoms with van der Waals surface area (Å²) in [7, 11) is -1.58. The summed E-state index contributed by atoms with van der Waals surface area (Å²) in [5.74, 6) is 0.189. The Bertz CT molecular complexity index is 719. The summed E-state index contributed by atoms with van der Waals surface area (Å²) < 4.78 is 32.4. The summed E-state index contributed by atoms with van der Waals surface area (Å²) in [5, 5.41) is 0.162. The molecule has 1 amide bonds. The third-order valence-corrected chi connectivity index (χ3v) is 6.00. The summed E-state index contributed by atoms with van der Waals surface area (Å²) in [5.41, 5.74) is 0. The lowest BCUT2D eigenvalue weighted by atomic mass is 10.3. The third kappa shape index (κ3) is 5.84. The number of sulfonamides is 1. The van der Waals surface area contributed by atoms with E-state index >= 15 is 0 Å². The first kappa shape index (κ1) is 21.0. The van der Waals surface area contributed by atoms with E-state index < -0.39 is 10.0 Å². The van der Waals surface area contributed by atoms with Gasteiger partial charge in [-0.1, -0.05) is 24.9 Å². The first-order chi connectivity index (χ1) is 12.3. The number of amides is 1. The number of hydrogen-bond donors (Lipinski definition) is 1. The van der Waals surface area contributed by atoms with E-state index in [4.69, 9.17) is 16.3 Å². The molecule has 0 aromatic heterocycles. The van der Waals surface area contributed by atoms with Crippen LogP contribution in [0.15, 0.2) is 23.1 Å². The van der Waals surface area contributed by atoms with E-state index in [1.54, 1.807) is 4.90 Å². The molecule has 0 spiro atoms. The maximum Gasteiger partial charge on any atom is 0.260 e. The number of carbonyl (C=O) groups excluding carboxylic acids is 1. The quantitative estimate of drug-likeness (QED) is 0.666. The van der Waals surface area contributed by atoms with Gasteiger partial charge in [0, 0.05) is 32.7 Å². The van der Waals surface area contributed by atoms with Crippen molar-refractivity contribution in [1.82, 2.24) is 14.5 Å². The molecule has 0 aliphatic carbocycles. The van der Waals surface area contributed by atoms with E-state index in [0.717, 1.165) is 25.9 Å². The minimum absolute atomic E-state index is 0.0800. The van der Waals surface area contributed by atoms with Crippen LogP contribution >= 0.6 is 11.6 Å². The zero-order valence-electron chi connectivity index (χ0n) is 15.2. The Balaban J connectivity index is 1.94.